The highest BCUT2D eigenvalue weighted by atomic mass is 15.0. The maximum Gasteiger partial charge on any atom is 0.164 e. The van der Waals surface area contributed by atoms with Crippen LogP contribution >= 0.6 is 0 Å². The predicted molar refractivity (Wildman–Crippen MR) is 623 cm³/mol. The van der Waals surface area contributed by atoms with E-state index in [0.29, 0.717) is 0 Å². The highest BCUT2D eigenvalue weighted by Gasteiger charge is 2.48. The molecule has 0 spiro atoms. The van der Waals surface area contributed by atoms with Crippen LogP contribution in [0.2, 0.25) is 0 Å². The maximum absolute atomic E-state index is 6.12. The third kappa shape index (κ3) is 18.8. The lowest BCUT2D eigenvalue weighted by molar-refractivity contribution is 0.401. The fourth-order valence-corrected chi connectivity index (χ4v) is 25.9. The van der Waals surface area contributed by atoms with E-state index in [0.717, 1.165) is 111 Å². The molecule has 0 amide bonds. The van der Waals surface area contributed by atoms with Crippen molar-refractivity contribution in [1.82, 2.24) is 28.7 Å². The Morgan fingerprint density at radius 3 is 0.535 bits per heavy atom. The summed E-state index contributed by atoms with van der Waals surface area (Å²) < 4.78 is 7.86. The SMILES string of the molecule is CCCCCCC1(CCCCCC)c2cc(-c3nc(-c4ccc5c(c4)C(CCCCCC)(CCCCCC)c4cc(-n6c7ccc(C(C)(C)C)cc7c7cc(C(C)(C)C)ccc76)ccc4-5)nc(-c4ccc5c(c4)C(CCCCCC)(CCCCCC)c4cc(-n6c7ccc(C(C)(C)C)cc7c7cc(C(C)(C)C)ccc76)ccc4-5)n3)ccc2-c2ccc(-n3c4ccc(C(C)(C)C)cc4c4cc(C(C)(C)C)ccc43)cc21. The number of fused-ring (bicyclic) bond motifs is 18. The lowest BCUT2D eigenvalue weighted by Crippen LogP contribution is -2.26. The number of benzene rings is 12. The monoisotopic (exact) mass is 1910 g/mol. The van der Waals surface area contributed by atoms with E-state index >= 15 is 0 Å². The number of nitrogens with zero attached hydrogens (tertiary/aromatic N) is 6. The van der Waals surface area contributed by atoms with Gasteiger partial charge in [-0.1, -0.05) is 411 Å². The van der Waals surface area contributed by atoms with Crippen LogP contribution in [-0.2, 0) is 48.7 Å². The summed E-state index contributed by atoms with van der Waals surface area (Å²) in [5, 5.41) is 7.95. The second-order valence-electron chi connectivity index (χ2n) is 50.8. The summed E-state index contributed by atoms with van der Waals surface area (Å²) in [5.74, 6) is 2.20. The number of hydrogen-bond donors (Lipinski definition) is 0. The first-order valence-corrected chi connectivity index (χ1v) is 56.8. The molecule has 0 fully saturated rings. The summed E-state index contributed by atoms with van der Waals surface area (Å²) in [6, 6.07) is 89.7. The summed E-state index contributed by atoms with van der Waals surface area (Å²) in [6.07, 6.45) is 34.9. The topological polar surface area (TPSA) is 53.5 Å². The van der Waals surface area contributed by atoms with Gasteiger partial charge in [0.25, 0.3) is 0 Å². The van der Waals surface area contributed by atoms with Crippen molar-refractivity contribution in [3.8, 4) is 84.6 Å². The molecule has 4 aromatic heterocycles. The van der Waals surface area contributed by atoms with Gasteiger partial charge in [-0.15, -0.1) is 0 Å². The van der Waals surface area contributed by atoms with Gasteiger partial charge in [0.05, 0.1) is 33.1 Å². The van der Waals surface area contributed by atoms with Crippen LogP contribution in [-0.4, -0.2) is 28.7 Å². The molecule has 0 unspecified atom stereocenters. The van der Waals surface area contributed by atoms with Crippen molar-refractivity contribution in [1.29, 1.82) is 0 Å². The zero-order chi connectivity index (χ0) is 102. The average Bonchev–Trinajstić information content (AvgIpc) is 1.55. The van der Waals surface area contributed by atoms with E-state index in [1.807, 2.05) is 0 Å². The fraction of sp³-hybridized carbons (Fsp3) is 0.457. The number of unbranched alkanes of at least 4 members (excludes halogenated alkanes) is 18. The number of rotatable bonds is 36. The Morgan fingerprint density at radius 2 is 0.361 bits per heavy atom. The molecule has 0 atom stereocenters. The van der Waals surface area contributed by atoms with Gasteiger partial charge in [-0.05, 0) is 299 Å². The van der Waals surface area contributed by atoms with Crippen LogP contribution < -0.4 is 0 Å². The van der Waals surface area contributed by atoms with Gasteiger partial charge in [0.2, 0.25) is 0 Å². The first-order valence-electron chi connectivity index (χ1n) is 56.8. The summed E-state index contributed by atoms with van der Waals surface area (Å²) in [6.45, 7) is 56.7. The molecule has 6 nitrogen and oxygen atoms in total. The lowest BCUT2D eigenvalue weighted by atomic mass is 9.70. The molecule has 16 aromatic rings. The number of aromatic nitrogens is 6. The van der Waals surface area contributed by atoms with Crippen LogP contribution in [0.25, 0.3) is 150 Å². The van der Waals surface area contributed by atoms with E-state index in [1.54, 1.807) is 0 Å². The molecule has 0 N–H and O–H groups in total. The first-order chi connectivity index (χ1) is 68.9. The van der Waals surface area contributed by atoms with Crippen molar-refractivity contribution in [3.63, 3.8) is 0 Å². The molecule has 0 saturated carbocycles. The predicted octanol–water partition coefficient (Wildman–Crippen LogP) is 40.6. The summed E-state index contributed by atoms with van der Waals surface area (Å²) in [7, 11) is 0. The van der Waals surface area contributed by atoms with Gasteiger partial charge in [-0.2, -0.15) is 0 Å². The van der Waals surface area contributed by atoms with Crippen LogP contribution in [0.5, 0.6) is 0 Å². The molecule has 0 bridgehead atoms. The van der Waals surface area contributed by atoms with Crippen LogP contribution in [0.4, 0.5) is 0 Å². The highest BCUT2D eigenvalue weighted by Crippen LogP contribution is 2.61. The minimum atomic E-state index is -0.284. The van der Waals surface area contributed by atoms with Crippen LogP contribution in [0.15, 0.2) is 218 Å². The molecule has 0 aliphatic heterocycles. The first kappa shape index (κ1) is 102. The van der Waals surface area contributed by atoms with Crippen molar-refractivity contribution in [2.24, 2.45) is 0 Å². The molecule has 12 aromatic carbocycles. The maximum atomic E-state index is 6.12. The summed E-state index contributed by atoms with van der Waals surface area (Å²) in [4.78, 5) is 18.3. The zero-order valence-corrected chi connectivity index (χ0v) is 92.7. The molecule has 3 aliphatic carbocycles. The summed E-state index contributed by atoms with van der Waals surface area (Å²) >= 11 is 0. The molecule has 3 aliphatic rings. The van der Waals surface area contributed by atoms with Crippen molar-refractivity contribution < 1.29 is 0 Å². The smallest absolute Gasteiger partial charge is 0.164 e. The molecular weight excluding hydrogens is 1740 g/mol. The Hall–Kier alpha value is -11.0. The van der Waals surface area contributed by atoms with Gasteiger partial charge < -0.3 is 13.7 Å². The molecule has 0 saturated heterocycles. The standard InChI is InChI=1S/C138H168N6/c1-25-31-37-43-73-136(74-44-38-32-26-2)115-79-91(49-61-103(115)106-64-58-100(88-118(106)136)142-121-67-52-94(130(7,8)9)82-109(121)110-83-95(131(10,11)12)53-68-122(110)142)127-139-128(92-50-62-104-107-65-59-101(89-119(107)137(116(104)80-92,75-45-39-33-27-3)76-46-40-34-28-4)143-123-69-54-96(132(13,14)15)84-111(123)112-85-97(133(16,17)18)55-70-124(112)143)141-129(140-127)93-51-63-105-108-66-60-102(90-120(108)138(117(105)81-93,77-47-41-35-29-5)78-48-42-36-30-6)144-125-71-56-98(134(19,20)21)86-113(125)114-87-99(135(22,23)24)57-72-126(114)144/h49-72,79-90H,25-48,73-78H2,1-24H3. The molecule has 6 heteroatoms. The molecular formula is C138H168N6. The summed E-state index contributed by atoms with van der Waals surface area (Å²) in [5.41, 5.74) is 38.6. The van der Waals surface area contributed by atoms with E-state index < -0.39 is 0 Å². The van der Waals surface area contributed by atoms with E-state index in [2.05, 4.69) is 398 Å². The van der Waals surface area contributed by atoms with Gasteiger partial charge >= 0.3 is 0 Å². The fourth-order valence-electron chi connectivity index (χ4n) is 25.9. The third-order valence-corrected chi connectivity index (χ3v) is 34.5. The Bertz CT molecular complexity index is 6510. The van der Waals surface area contributed by atoms with Gasteiger partial charge in [-0.3, -0.25) is 0 Å². The van der Waals surface area contributed by atoms with E-state index in [1.165, 1.54) is 298 Å². The van der Waals surface area contributed by atoms with E-state index in [9.17, 15) is 0 Å². The average molecular weight is 1910 g/mol. The van der Waals surface area contributed by atoms with Gasteiger partial charge in [0, 0.05) is 82.3 Å². The van der Waals surface area contributed by atoms with Crippen molar-refractivity contribution >= 4 is 65.4 Å². The third-order valence-electron chi connectivity index (χ3n) is 34.5. The Morgan fingerprint density at radius 1 is 0.188 bits per heavy atom. The number of hydrogen-bond acceptors (Lipinski definition) is 3. The quantitative estimate of drug-likeness (QED) is 0.0368. The highest BCUT2D eigenvalue weighted by molar-refractivity contribution is 6.13. The Labute approximate surface area is 865 Å². The van der Waals surface area contributed by atoms with Crippen LogP contribution in [0.1, 0.15) is 426 Å². The zero-order valence-electron chi connectivity index (χ0n) is 92.7. The molecule has 19 rings (SSSR count). The van der Waals surface area contributed by atoms with E-state index in [-0.39, 0.29) is 48.7 Å². The Kier molecular flexibility index (Phi) is 28.3. The second-order valence-corrected chi connectivity index (χ2v) is 50.8. The Balaban J connectivity index is 0.832. The minimum Gasteiger partial charge on any atom is -0.309 e. The second kappa shape index (κ2) is 40.0. The van der Waals surface area contributed by atoms with Crippen LogP contribution in [0.3, 0.4) is 0 Å². The van der Waals surface area contributed by atoms with E-state index in [4.69, 9.17) is 15.0 Å². The molecule has 0 radical (unpaired) electrons. The van der Waals surface area contributed by atoms with Crippen molar-refractivity contribution in [2.75, 3.05) is 0 Å². The molecule has 750 valence electrons. The normalized spacial score (nSPS) is 14.4. The largest absolute Gasteiger partial charge is 0.309 e. The minimum absolute atomic E-state index is 0.0106. The molecule has 4 heterocycles. The van der Waals surface area contributed by atoms with Crippen molar-refractivity contribution in [3.05, 3.63) is 285 Å². The molecule has 144 heavy (non-hydrogen) atoms. The lowest BCUT2D eigenvalue weighted by Gasteiger charge is -2.33. The van der Waals surface area contributed by atoms with Gasteiger partial charge in [0.15, 0.2) is 17.5 Å². The van der Waals surface area contributed by atoms with Gasteiger partial charge in [-0.25, -0.2) is 15.0 Å². The van der Waals surface area contributed by atoms with Gasteiger partial charge in [0.1, 0.15) is 0 Å². The van der Waals surface area contributed by atoms with Crippen LogP contribution in [0, 0.1) is 0 Å². The van der Waals surface area contributed by atoms with Crippen molar-refractivity contribution in [2.45, 2.75) is 408 Å².